The molecule has 1 unspecified atom stereocenters. The topological polar surface area (TPSA) is 86.0 Å². The van der Waals surface area contributed by atoms with E-state index in [0.29, 0.717) is 12.1 Å². The van der Waals surface area contributed by atoms with Gasteiger partial charge in [-0.3, -0.25) is 4.57 Å². The molecular weight excluding hydrogens is 328 g/mol. The average molecular weight is 344 g/mol. The second-order valence-corrected chi connectivity index (χ2v) is 7.51. The lowest BCUT2D eigenvalue weighted by Gasteiger charge is -2.09. The van der Waals surface area contributed by atoms with E-state index in [4.69, 9.17) is 0 Å². The van der Waals surface area contributed by atoms with Crippen LogP contribution in [0.1, 0.15) is 12.5 Å². The quantitative estimate of drug-likeness (QED) is 0.765. The predicted octanol–water partition coefficient (Wildman–Crippen LogP) is 0.969. The maximum absolute atomic E-state index is 13.0. The Morgan fingerprint density at radius 1 is 1.12 bits per heavy atom. The third kappa shape index (κ3) is 2.18. The fourth-order valence-corrected chi connectivity index (χ4v) is 4.53. The fraction of sp³-hybridized carbons (Fsp3) is 0.250. The first-order valence-corrected chi connectivity index (χ1v) is 9.14. The number of benzene rings is 1. The summed E-state index contributed by atoms with van der Waals surface area (Å²) in [6.07, 6.45) is 2.27. The van der Waals surface area contributed by atoms with E-state index in [-0.39, 0.29) is 16.6 Å². The van der Waals surface area contributed by atoms with Gasteiger partial charge in [0, 0.05) is 12.7 Å². The van der Waals surface area contributed by atoms with Crippen molar-refractivity contribution >= 4 is 21.2 Å². The normalized spacial score (nSPS) is 18.2. The van der Waals surface area contributed by atoms with Crippen molar-refractivity contribution in [3.8, 4) is 0 Å². The minimum absolute atomic E-state index is 0.0707. The van der Waals surface area contributed by atoms with Crippen molar-refractivity contribution in [1.29, 1.82) is 0 Å². The number of imidazole rings is 1. The van der Waals surface area contributed by atoms with Gasteiger partial charge in [-0.2, -0.15) is 3.97 Å². The van der Waals surface area contributed by atoms with E-state index in [0.717, 1.165) is 16.9 Å². The first kappa shape index (κ1) is 15.1. The first-order chi connectivity index (χ1) is 11.6. The van der Waals surface area contributed by atoms with Crippen molar-refractivity contribution in [2.24, 2.45) is 0 Å². The van der Waals surface area contributed by atoms with Crippen LogP contribution >= 0.6 is 0 Å². The summed E-state index contributed by atoms with van der Waals surface area (Å²) in [5.41, 5.74) is 0.134. The summed E-state index contributed by atoms with van der Waals surface area (Å²) < 4.78 is 28.3. The first-order valence-electron chi connectivity index (χ1n) is 7.70. The Kier molecular flexibility index (Phi) is 3.50. The molecule has 0 radical (unpaired) electrons. The Labute approximate surface area is 138 Å². The van der Waals surface area contributed by atoms with Gasteiger partial charge in [-0.05, 0) is 37.2 Å². The molecule has 0 bridgehead atoms. The Bertz CT molecular complexity index is 1050. The number of rotatable bonds is 3. The second-order valence-electron chi connectivity index (χ2n) is 5.73. The molecule has 0 saturated carbocycles. The maximum Gasteiger partial charge on any atom is 0.344 e. The molecule has 0 aliphatic carbocycles. The van der Waals surface area contributed by atoms with Crippen LogP contribution in [0.15, 0.2) is 58.4 Å². The minimum atomic E-state index is -4.00. The molecule has 3 heterocycles. The molecule has 0 amide bonds. The summed E-state index contributed by atoms with van der Waals surface area (Å²) in [6, 6.07) is 11.3. The number of aromatic nitrogens is 3. The van der Waals surface area contributed by atoms with Crippen molar-refractivity contribution in [3.63, 3.8) is 0 Å². The largest absolute Gasteiger partial charge is 0.344 e. The van der Waals surface area contributed by atoms with Crippen LogP contribution < -0.4 is 11.0 Å². The number of hydrogen-bond donors (Lipinski definition) is 1. The molecule has 24 heavy (non-hydrogen) atoms. The molecule has 1 fully saturated rings. The van der Waals surface area contributed by atoms with E-state index in [1.807, 2.05) is 0 Å². The molecule has 0 spiro atoms. The molecule has 2 aromatic heterocycles. The Hall–Kier alpha value is -2.45. The van der Waals surface area contributed by atoms with Crippen molar-refractivity contribution in [1.82, 2.24) is 18.8 Å². The standard InChI is InChI=1S/C16H16N4O3S/c21-16-19(12-8-10-17-11-12)14-7-4-9-18-15(14)20(16)24(22,23)13-5-2-1-3-6-13/h1-7,9,12,17H,8,10-11H2. The Morgan fingerprint density at radius 2 is 1.92 bits per heavy atom. The minimum Gasteiger partial charge on any atom is -0.315 e. The summed E-state index contributed by atoms with van der Waals surface area (Å²) in [5.74, 6) is 0. The molecule has 1 atom stereocenters. The van der Waals surface area contributed by atoms with Crippen molar-refractivity contribution in [2.75, 3.05) is 13.1 Å². The van der Waals surface area contributed by atoms with Crippen LogP contribution in [0.4, 0.5) is 0 Å². The molecule has 1 aromatic carbocycles. The third-order valence-corrected chi connectivity index (χ3v) is 5.96. The summed E-state index contributed by atoms with van der Waals surface area (Å²) in [5, 5.41) is 3.20. The van der Waals surface area contributed by atoms with Gasteiger partial charge in [-0.15, -0.1) is 0 Å². The molecule has 124 valence electrons. The van der Waals surface area contributed by atoms with Crippen molar-refractivity contribution in [3.05, 3.63) is 59.1 Å². The van der Waals surface area contributed by atoms with Gasteiger partial charge in [0.1, 0.15) is 0 Å². The molecule has 7 nitrogen and oxygen atoms in total. The molecule has 4 rings (SSSR count). The lowest BCUT2D eigenvalue weighted by atomic mass is 10.2. The number of hydrogen-bond acceptors (Lipinski definition) is 5. The fourth-order valence-electron chi connectivity index (χ4n) is 3.15. The van der Waals surface area contributed by atoms with Gasteiger partial charge in [0.15, 0.2) is 5.65 Å². The van der Waals surface area contributed by atoms with Crippen molar-refractivity contribution < 1.29 is 8.42 Å². The highest BCUT2D eigenvalue weighted by Gasteiger charge is 2.29. The maximum atomic E-state index is 13.0. The zero-order valence-electron chi connectivity index (χ0n) is 12.8. The summed E-state index contributed by atoms with van der Waals surface area (Å²) in [4.78, 5) is 17.2. The lowest BCUT2D eigenvalue weighted by Crippen LogP contribution is -2.32. The zero-order valence-corrected chi connectivity index (χ0v) is 13.6. The average Bonchev–Trinajstić information content (AvgIpc) is 3.20. The summed E-state index contributed by atoms with van der Waals surface area (Å²) in [6.45, 7) is 1.44. The lowest BCUT2D eigenvalue weighted by molar-refractivity contribution is 0.537. The highest BCUT2D eigenvalue weighted by molar-refractivity contribution is 7.90. The van der Waals surface area contributed by atoms with Gasteiger partial charge in [0.2, 0.25) is 0 Å². The third-order valence-electron chi connectivity index (χ3n) is 4.28. The molecule has 1 aliphatic heterocycles. The van der Waals surface area contributed by atoms with Gasteiger partial charge in [0.05, 0.1) is 16.5 Å². The van der Waals surface area contributed by atoms with E-state index in [2.05, 4.69) is 10.3 Å². The van der Waals surface area contributed by atoms with Crippen LogP contribution in [0, 0.1) is 0 Å². The Balaban J connectivity index is 2.03. The van der Waals surface area contributed by atoms with Crippen LogP contribution in [0.2, 0.25) is 0 Å². The van der Waals surface area contributed by atoms with Gasteiger partial charge in [-0.25, -0.2) is 18.2 Å². The van der Waals surface area contributed by atoms with Crippen LogP contribution in [0.25, 0.3) is 11.2 Å². The van der Waals surface area contributed by atoms with E-state index < -0.39 is 15.7 Å². The van der Waals surface area contributed by atoms with Crippen LogP contribution in [0.5, 0.6) is 0 Å². The molecule has 3 aromatic rings. The summed E-state index contributed by atoms with van der Waals surface area (Å²) >= 11 is 0. The SMILES string of the molecule is O=c1n(C2CCNC2)c2cccnc2n1S(=O)(=O)c1ccccc1. The molecular formula is C16H16N4O3S. The second kappa shape index (κ2) is 5.57. The number of pyridine rings is 1. The van der Waals surface area contributed by atoms with Gasteiger partial charge >= 0.3 is 5.69 Å². The smallest absolute Gasteiger partial charge is 0.315 e. The van der Waals surface area contributed by atoms with E-state index in [1.54, 1.807) is 34.9 Å². The molecule has 1 saturated heterocycles. The van der Waals surface area contributed by atoms with Gasteiger partial charge in [-0.1, -0.05) is 18.2 Å². The highest BCUT2D eigenvalue weighted by Crippen LogP contribution is 2.22. The van der Waals surface area contributed by atoms with Gasteiger partial charge in [0.25, 0.3) is 10.0 Å². The number of fused-ring (bicyclic) bond motifs is 1. The van der Waals surface area contributed by atoms with E-state index in [9.17, 15) is 13.2 Å². The zero-order chi connectivity index (χ0) is 16.7. The summed E-state index contributed by atoms with van der Waals surface area (Å²) in [7, 11) is -4.00. The van der Waals surface area contributed by atoms with Gasteiger partial charge < -0.3 is 5.32 Å². The molecule has 8 heteroatoms. The Morgan fingerprint density at radius 3 is 2.62 bits per heavy atom. The van der Waals surface area contributed by atoms with Crippen LogP contribution in [-0.4, -0.2) is 35.0 Å². The number of nitrogens with one attached hydrogen (secondary N) is 1. The van der Waals surface area contributed by atoms with E-state index >= 15 is 0 Å². The van der Waals surface area contributed by atoms with Crippen molar-refractivity contribution in [2.45, 2.75) is 17.4 Å². The predicted molar refractivity (Wildman–Crippen MR) is 89.5 cm³/mol. The monoisotopic (exact) mass is 344 g/mol. The molecule has 1 aliphatic rings. The highest BCUT2D eigenvalue weighted by atomic mass is 32.2. The number of nitrogens with zero attached hydrogens (tertiary/aromatic N) is 3. The van der Waals surface area contributed by atoms with E-state index in [1.165, 1.54) is 18.3 Å². The molecule has 1 N–H and O–H groups in total. The van der Waals surface area contributed by atoms with Crippen LogP contribution in [-0.2, 0) is 10.0 Å². The van der Waals surface area contributed by atoms with Crippen LogP contribution in [0.3, 0.4) is 0 Å².